The minimum absolute atomic E-state index is 0.0418. The van der Waals surface area contributed by atoms with E-state index in [-0.39, 0.29) is 13.0 Å². The van der Waals surface area contributed by atoms with Crippen LogP contribution in [0.2, 0.25) is 0 Å². The van der Waals surface area contributed by atoms with Crippen LogP contribution < -0.4 is 5.32 Å². The molecule has 31 heavy (non-hydrogen) atoms. The second-order valence-electron chi connectivity index (χ2n) is 7.31. The van der Waals surface area contributed by atoms with E-state index >= 15 is 0 Å². The zero-order chi connectivity index (χ0) is 22.0. The number of para-hydroxylation sites is 1. The number of amides is 1. The molecule has 1 amide bonds. The molecular formula is C23H23N5O3. The van der Waals surface area contributed by atoms with Gasteiger partial charge in [0.2, 0.25) is 0 Å². The van der Waals surface area contributed by atoms with Gasteiger partial charge in [0.15, 0.2) is 6.61 Å². The molecule has 0 unspecified atom stereocenters. The Bertz CT molecular complexity index is 1260. The molecule has 8 heteroatoms. The molecule has 0 aliphatic carbocycles. The maximum Gasteiger partial charge on any atom is 0.310 e. The van der Waals surface area contributed by atoms with Gasteiger partial charge in [-0.1, -0.05) is 18.2 Å². The largest absolute Gasteiger partial charge is 0.455 e. The number of hydrogen-bond donors (Lipinski definition) is 2. The van der Waals surface area contributed by atoms with E-state index in [1.807, 2.05) is 63.2 Å². The lowest BCUT2D eigenvalue weighted by Crippen LogP contribution is -2.22. The molecule has 3 aromatic heterocycles. The van der Waals surface area contributed by atoms with Gasteiger partial charge in [-0.3, -0.25) is 14.6 Å². The summed E-state index contributed by atoms with van der Waals surface area (Å²) >= 11 is 0. The number of carbonyl (C=O) groups excluding carboxylic acids is 2. The quantitative estimate of drug-likeness (QED) is 0.468. The number of rotatable bonds is 6. The first-order valence-electron chi connectivity index (χ1n) is 9.93. The zero-order valence-corrected chi connectivity index (χ0v) is 17.6. The van der Waals surface area contributed by atoms with Crippen LogP contribution in [0.1, 0.15) is 22.6 Å². The molecule has 0 bridgehead atoms. The number of aryl methyl sites for hydroxylation is 2. The molecule has 3 heterocycles. The first-order valence-corrected chi connectivity index (χ1v) is 9.93. The maximum atomic E-state index is 12.4. The first kappa shape index (κ1) is 20.3. The molecular weight excluding hydrogens is 394 g/mol. The van der Waals surface area contributed by atoms with Crippen molar-refractivity contribution < 1.29 is 14.3 Å². The molecule has 0 fully saturated rings. The van der Waals surface area contributed by atoms with Crippen LogP contribution in [-0.4, -0.2) is 38.2 Å². The number of H-pyrrole nitrogens is 1. The molecule has 0 radical (unpaired) electrons. The third-order valence-electron chi connectivity index (χ3n) is 5.11. The van der Waals surface area contributed by atoms with Crippen molar-refractivity contribution in [3.8, 4) is 5.69 Å². The third-order valence-corrected chi connectivity index (χ3v) is 5.11. The van der Waals surface area contributed by atoms with Crippen LogP contribution in [0.15, 0.2) is 48.7 Å². The number of anilines is 1. The van der Waals surface area contributed by atoms with Gasteiger partial charge in [-0.05, 0) is 45.0 Å². The summed E-state index contributed by atoms with van der Waals surface area (Å²) in [6, 6.07) is 13.4. The summed E-state index contributed by atoms with van der Waals surface area (Å²) in [6.45, 7) is 5.21. The lowest BCUT2D eigenvalue weighted by molar-refractivity contribution is -0.146. The van der Waals surface area contributed by atoms with Crippen molar-refractivity contribution in [3.05, 3.63) is 71.3 Å². The van der Waals surface area contributed by atoms with Crippen LogP contribution in [0.5, 0.6) is 0 Å². The number of hydrogen-bond acceptors (Lipinski definition) is 5. The van der Waals surface area contributed by atoms with Crippen LogP contribution in [-0.2, 0) is 20.7 Å². The van der Waals surface area contributed by atoms with Crippen molar-refractivity contribution in [2.24, 2.45) is 0 Å². The average Bonchev–Trinajstić information content (AvgIpc) is 3.23. The van der Waals surface area contributed by atoms with E-state index in [1.165, 1.54) is 0 Å². The Morgan fingerprint density at radius 1 is 1.10 bits per heavy atom. The van der Waals surface area contributed by atoms with Crippen molar-refractivity contribution in [1.82, 2.24) is 19.7 Å². The summed E-state index contributed by atoms with van der Waals surface area (Å²) in [6.07, 6.45) is 1.72. The summed E-state index contributed by atoms with van der Waals surface area (Å²) in [5.74, 6) is -0.904. The number of aromatic amines is 1. The third kappa shape index (κ3) is 4.18. The van der Waals surface area contributed by atoms with Gasteiger partial charge < -0.3 is 15.0 Å². The second-order valence-corrected chi connectivity index (χ2v) is 7.31. The number of esters is 1. The van der Waals surface area contributed by atoms with Crippen molar-refractivity contribution >= 4 is 28.6 Å². The molecule has 0 spiro atoms. The van der Waals surface area contributed by atoms with Gasteiger partial charge >= 0.3 is 5.97 Å². The second kappa shape index (κ2) is 8.43. The van der Waals surface area contributed by atoms with Gasteiger partial charge in [0.05, 0.1) is 40.2 Å². The minimum Gasteiger partial charge on any atom is -0.455 e. The molecule has 0 atom stereocenters. The van der Waals surface area contributed by atoms with E-state index in [0.717, 1.165) is 33.7 Å². The molecule has 0 aliphatic rings. The van der Waals surface area contributed by atoms with E-state index < -0.39 is 11.9 Å². The van der Waals surface area contributed by atoms with E-state index in [1.54, 1.807) is 10.9 Å². The van der Waals surface area contributed by atoms with E-state index in [2.05, 4.69) is 20.4 Å². The van der Waals surface area contributed by atoms with Crippen LogP contribution in [0.3, 0.4) is 0 Å². The molecule has 2 N–H and O–H groups in total. The SMILES string of the molecule is Cc1nn(-c2ccccc2)c(C)c1NC(=O)COC(=O)Cc1c(C)[nH]c2cccnc12. The van der Waals surface area contributed by atoms with E-state index in [0.29, 0.717) is 11.4 Å². The molecule has 0 aliphatic heterocycles. The Morgan fingerprint density at radius 3 is 2.65 bits per heavy atom. The number of aromatic nitrogens is 4. The van der Waals surface area contributed by atoms with Crippen molar-refractivity contribution in [1.29, 1.82) is 0 Å². The monoisotopic (exact) mass is 417 g/mol. The number of nitrogens with one attached hydrogen (secondary N) is 2. The van der Waals surface area contributed by atoms with E-state index in [9.17, 15) is 9.59 Å². The summed E-state index contributed by atoms with van der Waals surface area (Å²) in [5.41, 5.74) is 6.22. The van der Waals surface area contributed by atoms with Crippen molar-refractivity contribution in [2.75, 3.05) is 11.9 Å². The fourth-order valence-corrected chi connectivity index (χ4v) is 3.58. The highest BCUT2D eigenvalue weighted by Gasteiger charge is 2.18. The van der Waals surface area contributed by atoms with E-state index in [4.69, 9.17) is 4.74 Å². The normalized spacial score (nSPS) is 10.9. The number of nitrogens with zero attached hydrogens (tertiary/aromatic N) is 3. The standard InChI is InChI=1S/C23H23N5O3/c1-14-18(23-19(25-14)10-7-11-24-23)12-21(30)31-13-20(29)26-22-15(2)27-28(16(22)3)17-8-5-4-6-9-17/h4-11,25H,12-13H2,1-3H3,(H,26,29). The lowest BCUT2D eigenvalue weighted by atomic mass is 10.1. The highest BCUT2D eigenvalue weighted by atomic mass is 16.5. The number of benzene rings is 1. The first-order chi connectivity index (χ1) is 14.9. The van der Waals surface area contributed by atoms with Gasteiger partial charge in [0.1, 0.15) is 0 Å². The number of pyridine rings is 1. The van der Waals surface area contributed by atoms with Crippen LogP contribution >= 0.6 is 0 Å². The van der Waals surface area contributed by atoms with Crippen LogP contribution in [0.25, 0.3) is 16.7 Å². The van der Waals surface area contributed by atoms with Crippen LogP contribution in [0.4, 0.5) is 5.69 Å². The average molecular weight is 417 g/mol. The zero-order valence-electron chi connectivity index (χ0n) is 17.6. The fourth-order valence-electron chi connectivity index (χ4n) is 3.58. The molecule has 158 valence electrons. The topological polar surface area (TPSA) is 102 Å². The molecule has 0 saturated carbocycles. The van der Waals surface area contributed by atoms with Crippen molar-refractivity contribution in [3.63, 3.8) is 0 Å². The van der Waals surface area contributed by atoms with Gasteiger partial charge in [0, 0.05) is 17.5 Å². The number of fused-ring (bicyclic) bond motifs is 1. The summed E-state index contributed by atoms with van der Waals surface area (Å²) in [4.78, 5) is 32.3. The number of carbonyl (C=O) groups is 2. The Hall–Kier alpha value is -3.94. The Labute approximate surface area is 179 Å². The Morgan fingerprint density at radius 2 is 1.87 bits per heavy atom. The Balaban J connectivity index is 1.39. The minimum atomic E-state index is -0.488. The summed E-state index contributed by atoms with van der Waals surface area (Å²) in [7, 11) is 0. The molecule has 0 saturated heterocycles. The summed E-state index contributed by atoms with van der Waals surface area (Å²) < 4.78 is 6.97. The van der Waals surface area contributed by atoms with Crippen molar-refractivity contribution in [2.45, 2.75) is 27.2 Å². The lowest BCUT2D eigenvalue weighted by Gasteiger charge is -2.08. The Kier molecular flexibility index (Phi) is 5.53. The van der Waals surface area contributed by atoms with Crippen LogP contribution in [0, 0.1) is 20.8 Å². The smallest absolute Gasteiger partial charge is 0.310 e. The predicted octanol–water partition coefficient (Wildman–Crippen LogP) is 3.40. The fraction of sp³-hybridized carbons (Fsp3) is 0.217. The summed E-state index contributed by atoms with van der Waals surface area (Å²) in [5, 5.41) is 7.31. The highest BCUT2D eigenvalue weighted by molar-refractivity contribution is 5.94. The van der Waals surface area contributed by atoms with Gasteiger partial charge in [-0.2, -0.15) is 5.10 Å². The maximum absolute atomic E-state index is 12.4. The number of ether oxygens (including phenoxy) is 1. The highest BCUT2D eigenvalue weighted by Crippen LogP contribution is 2.23. The van der Waals surface area contributed by atoms with Gasteiger partial charge in [0.25, 0.3) is 5.91 Å². The van der Waals surface area contributed by atoms with Gasteiger partial charge in [-0.15, -0.1) is 0 Å². The molecule has 1 aromatic carbocycles. The van der Waals surface area contributed by atoms with Gasteiger partial charge in [-0.25, -0.2) is 4.68 Å². The molecule has 4 rings (SSSR count). The predicted molar refractivity (Wildman–Crippen MR) is 117 cm³/mol. The molecule has 8 nitrogen and oxygen atoms in total. The molecule has 4 aromatic rings.